The number of benzene rings is 7. The van der Waals surface area contributed by atoms with E-state index in [1.807, 2.05) is 0 Å². The molecule has 292 valence electrons. The maximum atomic E-state index is 2.56. The molecule has 2 saturated carbocycles. The first-order valence-electron chi connectivity index (χ1n) is 22.4. The summed E-state index contributed by atoms with van der Waals surface area (Å²) in [6, 6.07) is 60.2. The van der Waals surface area contributed by atoms with E-state index in [4.69, 9.17) is 0 Å². The Morgan fingerprint density at radius 2 is 1.05 bits per heavy atom. The van der Waals surface area contributed by atoms with E-state index in [1.54, 1.807) is 0 Å². The Hall–Kier alpha value is -5.86. The normalized spacial score (nSPS) is 16.6. The number of hydrogen-bond donors (Lipinski definition) is 0. The molecule has 0 spiro atoms. The number of rotatable bonds is 7. The van der Waals surface area contributed by atoms with E-state index < -0.39 is 0 Å². The summed E-state index contributed by atoms with van der Waals surface area (Å²) in [5.74, 6) is 1.34. The van der Waals surface area contributed by atoms with Crippen LogP contribution < -0.4 is 4.90 Å². The predicted molar refractivity (Wildman–Crippen MR) is 250 cm³/mol. The third kappa shape index (κ3) is 6.14. The summed E-state index contributed by atoms with van der Waals surface area (Å²) in [4.78, 5) is 2.56. The summed E-state index contributed by atoms with van der Waals surface area (Å²) in [7, 11) is 0. The molecule has 0 saturated heterocycles. The zero-order valence-electron chi connectivity index (χ0n) is 34.6. The highest BCUT2D eigenvalue weighted by atomic mass is 15.1. The SMILES string of the molecule is CC1(C)c2cc(N(c3ccc(C4CCCCC4)cc3)c3ccc(C4CCCCC4)cc3)c(-c3ccccc3)cc2-c2ccc3c4ccccc4n(-c4ccccc4)c3c21. The molecule has 2 fully saturated rings. The molecule has 0 unspecified atom stereocenters. The summed E-state index contributed by atoms with van der Waals surface area (Å²) in [5, 5.41) is 2.61. The van der Waals surface area contributed by atoms with E-state index in [0.717, 1.165) is 0 Å². The van der Waals surface area contributed by atoms with Crippen LogP contribution in [0.25, 0.3) is 49.7 Å². The number of aromatic nitrogens is 1. The van der Waals surface area contributed by atoms with Crippen molar-refractivity contribution in [2.75, 3.05) is 4.90 Å². The third-order valence-electron chi connectivity index (χ3n) is 14.4. The van der Waals surface area contributed by atoms with Gasteiger partial charge in [-0.15, -0.1) is 0 Å². The minimum atomic E-state index is -0.267. The van der Waals surface area contributed by atoms with Crippen LogP contribution in [0.15, 0.2) is 158 Å². The second-order valence-corrected chi connectivity index (χ2v) is 18.2. The van der Waals surface area contributed by atoms with Crippen molar-refractivity contribution in [1.82, 2.24) is 4.57 Å². The fourth-order valence-corrected chi connectivity index (χ4v) is 11.3. The Labute approximate surface area is 350 Å². The lowest BCUT2D eigenvalue weighted by Crippen LogP contribution is -2.18. The van der Waals surface area contributed by atoms with E-state index in [1.165, 1.54) is 153 Å². The summed E-state index contributed by atoms with van der Waals surface area (Å²) in [5.41, 5.74) is 18.1. The largest absolute Gasteiger partial charge is 0.310 e. The third-order valence-corrected chi connectivity index (χ3v) is 14.4. The van der Waals surface area contributed by atoms with E-state index in [2.05, 4.69) is 181 Å². The Morgan fingerprint density at radius 1 is 0.492 bits per heavy atom. The average Bonchev–Trinajstić information content (AvgIpc) is 3.75. The van der Waals surface area contributed by atoms with Crippen molar-refractivity contribution in [3.63, 3.8) is 0 Å². The molecular formula is C57H54N2. The maximum Gasteiger partial charge on any atom is 0.0588 e. The maximum absolute atomic E-state index is 2.56. The second-order valence-electron chi connectivity index (χ2n) is 18.2. The van der Waals surface area contributed by atoms with Crippen molar-refractivity contribution in [3.8, 4) is 27.9 Å². The summed E-state index contributed by atoms with van der Waals surface area (Å²) < 4.78 is 2.52. The molecule has 59 heavy (non-hydrogen) atoms. The highest BCUT2D eigenvalue weighted by molar-refractivity contribution is 6.13. The van der Waals surface area contributed by atoms with Crippen LogP contribution in [0.5, 0.6) is 0 Å². The van der Waals surface area contributed by atoms with Gasteiger partial charge in [-0.3, -0.25) is 0 Å². The topological polar surface area (TPSA) is 8.17 Å². The van der Waals surface area contributed by atoms with Crippen LogP contribution >= 0.6 is 0 Å². The average molecular weight is 767 g/mol. The van der Waals surface area contributed by atoms with Crippen LogP contribution in [0.4, 0.5) is 17.1 Å². The molecule has 0 N–H and O–H groups in total. The van der Waals surface area contributed by atoms with E-state index in [-0.39, 0.29) is 5.41 Å². The van der Waals surface area contributed by atoms with E-state index >= 15 is 0 Å². The van der Waals surface area contributed by atoms with Gasteiger partial charge in [0.05, 0.1) is 16.7 Å². The Balaban J connectivity index is 1.13. The van der Waals surface area contributed by atoms with E-state index in [9.17, 15) is 0 Å². The molecule has 8 aromatic rings. The first-order valence-corrected chi connectivity index (χ1v) is 22.4. The van der Waals surface area contributed by atoms with Crippen LogP contribution in [0, 0.1) is 0 Å². The molecule has 0 aliphatic heterocycles. The van der Waals surface area contributed by atoms with Crippen molar-refractivity contribution in [2.24, 2.45) is 0 Å². The van der Waals surface area contributed by atoms with Gasteiger partial charge >= 0.3 is 0 Å². The molecule has 0 atom stereocenters. The molecule has 3 aliphatic rings. The van der Waals surface area contributed by atoms with Crippen molar-refractivity contribution in [1.29, 1.82) is 0 Å². The smallest absolute Gasteiger partial charge is 0.0588 e. The molecule has 1 aromatic heterocycles. The lowest BCUT2D eigenvalue weighted by molar-refractivity contribution is 0.443. The number of anilines is 3. The van der Waals surface area contributed by atoms with Gasteiger partial charge in [0.25, 0.3) is 0 Å². The minimum absolute atomic E-state index is 0.267. The fraction of sp³-hybridized carbons (Fsp3) is 0.263. The van der Waals surface area contributed by atoms with Gasteiger partial charge in [-0.25, -0.2) is 0 Å². The van der Waals surface area contributed by atoms with Gasteiger partial charge in [0.15, 0.2) is 0 Å². The predicted octanol–water partition coefficient (Wildman–Crippen LogP) is 16.3. The highest BCUT2D eigenvalue weighted by Gasteiger charge is 2.40. The van der Waals surface area contributed by atoms with Crippen molar-refractivity contribution in [2.45, 2.75) is 95.3 Å². The second kappa shape index (κ2) is 14.8. The molecule has 3 aliphatic carbocycles. The van der Waals surface area contributed by atoms with Crippen LogP contribution in [0.2, 0.25) is 0 Å². The standard InChI is InChI=1S/C57H54N2/c1-57(2)52-38-54(58(45-31-27-41(28-32-45)39-17-7-3-8-18-39)46-33-29-42(30-34-46)40-19-9-4-10-20-40)50(43-21-11-5-12-22-43)37-51(52)48-35-36-49-47-25-15-16-26-53(47)59(56(49)55(48)57)44-23-13-6-14-24-44/h5-6,11-16,21-40H,3-4,7-10,17-20H2,1-2H3. The summed E-state index contributed by atoms with van der Waals surface area (Å²) in [6.45, 7) is 4.91. The lowest BCUT2D eigenvalue weighted by atomic mass is 9.80. The van der Waals surface area contributed by atoms with Gasteiger partial charge in [0.2, 0.25) is 0 Å². The zero-order valence-corrected chi connectivity index (χ0v) is 34.6. The molecule has 0 radical (unpaired) electrons. The number of fused-ring (bicyclic) bond motifs is 7. The molecule has 7 aromatic carbocycles. The first-order chi connectivity index (χ1) is 29.0. The molecule has 1 heterocycles. The number of para-hydroxylation sites is 2. The van der Waals surface area contributed by atoms with E-state index in [0.29, 0.717) is 11.8 Å². The van der Waals surface area contributed by atoms with Crippen molar-refractivity contribution < 1.29 is 0 Å². The Bertz CT molecular complexity index is 2720. The molecule has 2 heteroatoms. The summed E-state index contributed by atoms with van der Waals surface area (Å²) >= 11 is 0. The Kier molecular flexibility index (Phi) is 9.06. The quantitative estimate of drug-likeness (QED) is 0.157. The molecular weight excluding hydrogens is 713 g/mol. The molecule has 0 bridgehead atoms. The van der Waals surface area contributed by atoms with Crippen LogP contribution in [0.1, 0.15) is 112 Å². The van der Waals surface area contributed by atoms with Gasteiger partial charge in [-0.05, 0) is 131 Å². The fourth-order valence-electron chi connectivity index (χ4n) is 11.3. The van der Waals surface area contributed by atoms with Crippen molar-refractivity contribution in [3.05, 3.63) is 180 Å². The van der Waals surface area contributed by atoms with Gasteiger partial charge in [-0.2, -0.15) is 0 Å². The number of nitrogens with zero attached hydrogens (tertiary/aromatic N) is 2. The Morgan fingerprint density at radius 3 is 1.66 bits per heavy atom. The van der Waals surface area contributed by atoms with Gasteiger partial charge < -0.3 is 9.47 Å². The minimum Gasteiger partial charge on any atom is -0.310 e. The molecule has 0 amide bonds. The first kappa shape index (κ1) is 36.2. The van der Waals surface area contributed by atoms with Gasteiger partial charge in [0, 0.05) is 38.8 Å². The zero-order chi connectivity index (χ0) is 39.5. The lowest BCUT2D eigenvalue weighted by Gasteiger charge is -2.31. The van der Waals surface area contributed by atoms with Crippen LogP contribution in [-0.4, -0.2) is 4.57 Å². The monoisotopic (exact) mass is 766 g/mol. The summed E-state index contributed by atoms with van der Waals surface area (Å²) in [6.07, 6.45) is 13.4. The highest BCUT2D eigenvalue weighted by Crippen LogP contribution is 2.56. The number of hydrogen-bond acceptors (Lipinski definition) is 1. The van der Waals surface area contributed by atoms with Crippen molar-refractivity contribution >= 4 is 38.9 Å². The molecule has 2 nitrogen and oxygen atoms in total. The van der Waals surface area contributed by atoms with Crippen LogP contribution in [-0.2, 0) is 5.41 Å². The molecule has 11 rings (SSSR count). The van der Waals surface area contributed by atoms with Crippen LogP contribution in [0.3, 0.4) is 0 Å². The van der Waals surface area contributed by atoms with Gasteiger partial charge in [-0.1, -0.05) is 156 Å². The van der Waals surface area contributed by atoms with Gasteiger partial charge in [0.1, 0.15) is 0 Å².